The van der Waals surface area contributed by atoms with Gasteiger partial charge in [0.05, 0.1) is 19.0 Å². The van der Waals surface area contributed by atoms with Gasteiger partial charge in [-0.25, -0.2) is 15.0 Å². The van der Waals surface area contributed by atoms with Crippen molar-refractivity contribution in [1.29, 1.82) is 0 Å². The smallest absolute Gasteiger partial charge is 0.167 e. The molecule has 0 bridgehead atoms. The summed E-state index contributed by atoms with van der Waals surface area (Å²) in [5, 5.41) is 10.3. The topological polar surface area (TPSA) is 108 Å². The summed E-state index contributed by atoms with van der Waals surface area (Å²) in [5.41, 5.74) is 6.99. The zero-order valence-electron chi connectivity index (χ0n) is 16.1. The molecule has 0 aliphatic carbocycles. The van der Waals surface area contributed by atoms with Crippen molar-refractivity contribution in [2.45, 2.75) is 76.7 Å². The molecule has 150 valence electrons. The fraction of sp³-hybridized carbons (Fsp3) is 0.737. The van der Waals surface area contributed by atoms with Crippen LogP contribution in [0.15, 0.2) is 12.7 Å². The number of imidazole rings is 1. The number of aliphatic hydroxyl groups is 1. The summed E-state index contributed by atoms with van der Waals surface area (Å²) >= 11 is 0. The summed E-state index contributed by atoms with van der Waals surface area (Å²) < 4.78 is 13.5. The molecule has 3 rings (SSSR count). The van der Waals surface area contributed by atoms with E-state index in [0.29, 0.717) is 36.6 Å². The molecular weight excluding hydrogens is 346 g/mol. The molecule has 0 spiro atoms. The number of fused-ring (bicyclic) bond motifs is 1. The van der Waals surface area contributed by atoms with Crippen LogP contribution >= 0.6 is 0 Å². The second-order valence-electron chi connectivity index (χ2n) is 7.21. The van der Waals surface area contributed by atoms with E-state index in [-0.39, 0.29) is 12.3 Å². The van der Waals surface area contributed by atoms with Gasteiger partial charge in [-0.2, -0.15) is 0 Å². The lowest BCUT2D eigenvalue weighted by Gasteiger charge is -2.16. The van der Waals surface area contributed by atoms with Crippen molar-refractivity contribution in [2.75, 3.05) is 18.9 Å². The minimum absolute atomic E-state index is 0.327. The zero-order valence-corrected chi connectivity index (χ0v) is 16.1. The predicted octanol–water partition coefficient (Wildman–Crippen LogP) is 2.82. The minimum atomic E-state index is -0.569. The highest BCUT2D eigenvalue weighted by molar-refractivity contribution is 5.81. The standard InChI is InChI=1S/C19H31N5O3/c1-2-3-4-5-6-7-8-9-26-11-15-14(25)10-16(27-15)24-13-23-17-18(20)21-12-22-19(17)24/h12-16,25H,2-11H2,1H3,(H2,20,21,22)/t14-,15+,16+/m0/s1. The van der Waals surface area contributed by atoms with Crippen LogP contribution in [0.2, 0.25) is 0 Å². The number of anilines is 1. The van der Waals surface area contributed by atoms with Crippen molar-refractivity contribution >= 4 is 17.0 Å². The maximum atomic E-state index is 10.3. The quantitative estimate of drug-likeness (QED) is 0.580. The Morgan fingerprint density at radius 1 is 1.19 bits per heavy atom. The average Bonchev–Trinajstić information content (AvgIpc) is 3.25. The number of nitrogen functional groups attached to an aromatic ring is 1. The van der Waals surface area contributed by atoms with Gasteiger partial charge in [-0.1, -0.05) is 45.4 Å². The van der Waals surface area contributed by atoms with Crippen molar-refractivity contribution in [3.8, 4) is 0 Å². The van der Waals surface area contributed by atoms with Gasteiger partial charge in [-0.05, 0) is 6.42 Å². The Hall–Kier alpha value is -1.77. The molecule has 3 N–H and O–H groups in total. The molecule has 2 aromatic rings. The fourth-order valence-electron chi connectivity index (χ4n) is 3.48. The monoisotopic (exact) mass is 377 g/mol. The van der Waals surface area contributed by atoms with Crippen LogP contribution in [0.25, 0.3) is 11.2 Å². The molecule has 3 atom stereocenters. The van der Waals surface area contributed by atoms with Crippen molar-refractivity contribution in [2.24, 2.45) is 0 Å². The highest BCUT2D eigenvalue weighted by atomic mass is 16.6. The molecule has 0 aromatic carbocycles. The predicted molar refractivity (Wildman–Crippen MR) is 103 cm³/mol. The number of hydrogen-bond donors (Lipinski definition) is 2. The van der Waals surface area contributed by atoms with Gasteiger partial charge in [-0.15, -0.1) is 0 Å². The van der Waals surface area contributed by atoms with E-state index in [9.17, 15) is 5.11 Å². The summed E-state index contributed by atoms with van der Waals surface area (Å²) in [6.07, 6.45) is 11.1. The Balaban J connectivity index is 1.40. The molecule has 1 aliphatic heterocycles. The van der Waals surface area contributed by atoms with Crippen LogP contribution in [0.4, 0.5) is 5.82 Å². The molecule has 0 unspecified atom stereocenters. The minimum Gasteiger partial charge on any atom is -0.390 e. The van der Waals surface area contributed by atoms with Crippen molar-refractivity contribution in [3.05, 3.63) is 12.7 Å². The third-order valence-electron chi connectivity index (χ3n) is 5.08. The second-order valence-corrected chi connectivity index (χ2v) is 7.21. The first-order valence-corrected chi connectivity index (χ1v) is 10.0. The van der Waals surface area contributed by atoms with Gasteiger partial charge in [0.1, 0.15) is 24.2 Å². The first-order chi connectivity index (χ1) is 13.2. The number of rotatable bonds is 11. The Bertz CT molecular complexity index is 708. The van der Waals surface area contributed by atoms with E-state index in [0.717, 1.165) is 6.42 Å². The first kappa shape index (κ1) is 20.0. The molecule has 0 saturated carbocycles. The molecule has 3 heterocycles. The van der Waals surface area contributed by atoms with E-state index < -0.39 is 6.10 Å². The summed E-state index contributed by atoms with van der Waals surface area (Å²) in [4.78, 5) is 12.4. The van der Waals surface area contributed by atoms with E-state index in [4.69, 9.17) is 15.2 Å². The molecule has 1 aliphatic rings. The van der Waals surface area contributed by atoms with E-state index in [2.05, 4.69) is 21.9 Å². The number of unbranched alkanes of at least 4 members (excludes halogenated alkanes) is 6. The number of aromatic nitrogens is 4. The van der Waals surface area contributed by atoms with Gasteiger partial charge in [0, 0.05) is 13.0 Å². The number of ether oxygens (including phenoxy) is 2. The van der Waals surface area contributed by atoms with Crippen LogP contribution in [0.1, 0.15) is 64.5 Å². The van der Waals surface area contributed by atoms with Crippen LogP contribution in [-0.4, -0.2) is 50.0 Å². The molecule has 8 nitrogen and oxygen atoms in total. The van der Waals surface area contributed by atoms with Crippen LogP contribution in [0.3, 0.4) is 0 Å². The average molecular weight is 377 g/mol. The second kappa shape index (κ2) is 9.96. The largest absolute Gasteiger partial charge is 0.390 e. The lowest BCUT2D eigenvalue weighted by molar-refractivity contribution is -0.0617. The Morgan fingerprint density at radius 2 is 1.96 bits per heavy atom. The zero-order chi connectivity index (χ0) is 19.1. The van der Waals surface area contributed by atoms with E-state index in [1.54, 1.807) is 10.9 Å². The summed E-state index contributed by atoms with van der Waals surface area (Å²) in [5.74, 6) is 0.340. The number of hydrogen-bond acceptors (Lipinski definition) is 7. The Morgan fingerprint density at radius 3 is 2.78 bits per heavy atom. The van der Waals surface area contributed by atoms with E-state index in [1.165, 1.54) is 44.9 Å². The maximum absolute atomic E-state index is 10.3. The molecule has 0 radical (unpaired) electrons. The Kier molecular flexibility index (Phi) is 7.37. The summed E-state index contributed by atoms with van der Waals surface area (Å²) in [7, 11) is 0. The molecule has 1 saturated heterocycles. The number of nitrogens with zero attached hydrogens (tertiary/aromatic N) is 4. The van der Waals surface area contributed by atoms with Gasteiger partial charge in [0.25, 0.3) is 0 Å². The van der Waals surface area contributed by atoms with Crippen LogP contribution in [0, 0.1) is 0 Å². The lowest BCUT2D eigenvalue weighted by atomic mass is 10.1. The highest BCUT2D eigenvalue weighted by Crippen LogP contribution is 2.31. The third kappa shape index (κ3) is 5.15. The van der Waals surface area contributed by atoms with Crippen molar-refractivity contribution in [3.63, 3.8) is 0 Å². The van der Waals surface area contributed by atoms with Crippen molar-refractivity contribution in [1.82, 2.24) is 19.5 Å². The Labute approximate surface area is 160 Å². The molecule has 27 heavy (non-hydrogen) atoms. The van der Waals surface area contributed by atoms with E-state index in [1.807, 2.05) is 0 Å². The molecule has 8 heteroatoms. The summed E-state index contributed by atoms with van der Waals surface area (Å²) in [6.45, 7) is 3.34. The molecule has 2 aromatic heterocycles. The van der Waals surface area contributed by atoms with Crippen LogP contribution < -0.4 is 5.73 Å². The number of aliphatic hydroxyl groups excluding tert-OH is 1. The van der Waals surface area contributed by atoms with Crippen LogP contribution in [-0.2, 0) is 9.47 Å². The molecule has 0 amide bonds. The molecule has 1 fully saturated rings. The van der Waals surface area contributed by atoms with Crippen molar-refractivity contribution < 1.29 is 14.6 Å². The SMILES string of the molecule is CCCCCCCCCOC[C@H]1O[C@@H](n2cnc3c(N)ncnc32)C[C@@H]1O. The normalized spacial score (nSPS) is 22.7. The van der Waals surface area contributed by atoms with Gasteiger partial charge in [0.15, 0.2) is 11.5 Å². The fourth-order valence-corrected chi connectivity index (χ4v) is 3.48. The highest BCUT2D eigenvalue weighted by Gasteiger charge is 2.35. The first-order valence-electron chi connectivity index (χ1n) is 10.0. The van der Waals surface area contributed by atoms with Gasteiger partial charge in [0.2, 0.25) is 0 Å². The van der Waals surface area contributed by atoms with Gasteiger partial charge >= 0.3 is 0 Å². The van der Waals surface area contributed by atoms with Crippen LogP contribution in [0.5, 0.6) is 0 Å². The third-order valence-corrected chi connectivity index (χ3v) is 5.08. The van der Waals surface area contributed by atoms with E-state index >= 15 is 0 Å². The lowest BCUT2D eigenvalue weighted by Crippen LogP contribution is -2.26. The van der Waals surface area contributed by atoms with Gasteiger partial charge in [-0.3, -0.25) is 4.57 Å². The number of nitrogens with two attached hydrogens (primary N) is 1. The maximum Gasteiger partial charge on any atom is 0.167 e. The molecular formula is C19H31N5O3. The van der Waals surface area contributed by atoms with Gasteiger partial charge < -0.3 is 20.3 Å². The summed E-state index contributed by atoms with van der Waals surface area (Å²) in [6, 6.07) is 0.